The van der Waals surface area contributed by atoms with E-state index >= 15 is 0 Å². The fourth-order valence-electron chi connectivity index (χ4n) is 2.57. The van der Waals surface area contributed by atoms with Gasteiger partial charge in [0.25, 0.3) is 0 Å². The van der Waals surface area contributed by atoms with Crippen LogP contribution in [-0.2, 0) is 0 Å². The van der Waals surface area contributed by atoms with Gasteiger partial charge in [0.05, 0.1) is 0 Å². The molecular formula is C11H19N3. The molecule has 1 aromatic heterocycles. The lowest BCUT2D eigenvalue weighted by Crippen LogP contribution is -2.29. The molecule has 14 heavy (non-hydrogen) atoms. The van der Waals surface area contributed by atoms with Crippen molar-refractivity contribution in [2.24, 2.45) is 11.7 Å². The Kier molecular flexibility index (Phi) is 2.87. The molecule has 1 aliphatic carbocycles. The molecule has 2 N–H and O–H groups in total. The number of aryl methyl sites for hydroxylation is 1. The summed E-state index contributed by atoms with van der Waals surface area (Å²) < 4.78 is 2.30. The third-order valence-electron chi connectivity index (χ3n) is 3.39. The standard InChI is InChI=1S/C11H19N3/c1-9-13-6-7-14(9)11-5-3-2-4-10(11)8-12/h6-7,10-11H,2-5,8,12H2,1H3. The highest BCUT2D eigenvalue weighted by Gasteiger charge is 2.25. The smallest absolute Gasteiger partial charge is 0.105 e. The van der Waals surface area contributed by atoms with E-state index in [1.807, 2.05) is 6.20 Å². The second kappa shape index (κ2) is 4.13. The normalized spacial score (nSPS) is 27.9. The zero-order valence-corrected chi connectivity index (χ0v) is 8.82. The molecule has 0 amide bonds. The highest BCUT2D eigenvalue weighted by atomic mass is 15.1. The van der Waals surface area contributed by atoms with Crippen LogP contribution in [0.4, 0.5) is 0 Å². The van der Waals surface area contributed by atoms with E-state index in [-0.39, 0.29) is 0 Å². The fraction of sp³-hybridized carbons (Fsp3) is 0.727. The molecule has 0 saturated heterocycles. The molecule has 2 unspecified atom stereocenters. The molecule has 2 rings (SSSR count). The van der Waals surface area contributed by atoms with Crippen molar-refractivity contribution in [2.75, 3.05) is 6.54 Å². The van der Waals surface area contributed by atoms with Gasteiger partial charge in [0.1, 0.15) is 5.82 Å². The zero-order chi connectivity index (χ0) is 9.97. The first kappa shape index (κ1) is 9.71. The van der Waals surface area contributed by atoms with Gasteiger partial charge in [0, 0.05) is 18.4 Å². The van der Waals surface area contributed by atoms with Gasteiger partial charge in [-0.2, -0.15) is 0 Å². The summed E-state index contributed by atoms with van der Waals surface area (Å²) in [5.74, 6) is 1.77. The van der Waals surface area contributed by atoms with Gasteiger partial charge < -0.3 is 10.3 Å². The van der Waals surface area contributed by atoms with E-state index in [9.17, 15) is 0 Å². The minimum atomic E-state index is 0.594. The van der Waals surface area contributed by atoms with Crippen molar-refractivity contribution in [2.45, 2.75) is 38.6 Å². The molecule has 1 heterocycles. The van der Waals surface area contributed by atoms with Crippen molar-refractivity contribution in [1.82, 2.24) is 9.55 Å². The molecule has 3 heteroatoms. The molecule has 0 spiro atoms. The van der Waals surface area contributed by atoms with Gasteiger partial charge in [-0.25, -0.2) is 4.98 Å². The Morgan fingerprint density at radius 3 is 2.93 bits per heavy atom. The Bertz CT molecular complexity index is 292. The lowest BCUT2D eigenvalue weighted by Gasteiger charge is -2.32. The number of aromatic nitrogens is 2. The summed E-state index contributed by atoms with van der Waals surface area (Å²) in [4.78, 5) is 4.28. The average molecular weight is 193 g/mol. The average Bonchev–Trinajstić information content (AvgIpc) is 2.64. The summed E-state index contributed by atoms with van der Waals surface area (Å²) in [7, 11) is 0. The van der Waals surface area contributed by atoms with E-state index in [4.69, 9.17) is 5.73 Å². The van der Waals surface area contributed by atoms with Crippen LogP contribution in [0.1, 0.15) is 37.5 Å². The largest absolute Gasteiger partial charge is 0.332 e. The number of hydrogen-bond acceptors (Lipinski definition) is 2. The van der Waals surface area contributed by atoms with E-state index in [1.54, 1.807) is 0 Å². The molecule has 0 bridgehead atoms. The summed E-state index contributed by atoms with van der Waals surface area (Å²) in [5.41, 5.74) is 5.82. The lowest BCUT2D eigenvalue weighted by atomic mass is 9.84. The molecule has 1 fully saturated rings. The summed E-state index contributed by atoms with van der Waals surface area (Å²) in [6.07, 6.45) is 9.19. The molecule has 0 aliphatic heterocycles. The van der Waals surface area contributed by atoms with Gasteiger partial charge in [-0.1, -0.05) is 12.8 Å². The van der Waals surface area contributed by atoms with E-state index in [0.29, 0.717) is 12.0 Å². The predicted octanol–water partition coefficient (Wildman–Crippen LogP) is 1.88. The van der Waals surface area contributed by atoms with Crippen LogP contribution < -0.4 is 5.73 Å². The monoisotopic (exact) mass is 193 g/mol. The topological polar surface area (TPSA) is 43.8 Å². The Labute approximate surface area is 85.3 Å². The molecule has 0 radical (unpaired) electrons. The summed E-state index contributed by atoms with van der Waals surface area (Å²) in [5, 5.41) is 0. The van der Waals surface area contributed by atoms with Crippen LogP contribution in [0.2, 0.25) is 0 Å². The third-order valence-corrected chi connectivity index (χ3v) is 3.39. The van der Waals surface area contributed by atoms with E-state index in [1.165, 1.54) is 25.7 Å². The van der Waals surface area contributed by atoms with Crippen molar-refractivity contribution in [3.63, 3.8) is 0 Å². The second-order valence-electron chi connectivity index (χ2n) is 4.23. The maximum Gasteiger partial charge on any atom is 0.105 e. The van der Waals surface area contributed by atoms with Gasteiger partial charge in [-0.15, -0.1) is 0 Å². The first-order valence-corrected chi connectivity index (χ1v) is 5.52. The van der Waals surface area contributed by atoms with Gasteiger partial charge in [0.2, 0.25) is 0 Å². The number of nitrogens with zero attached hydrogens (tertiary/aromatic N) is 2. The van der Waals surface area contributed by atoms with Crippen LogP contribution in [0.3, 0.4) is 0 Å². The summed E-state index contributed by atoms with van der Waals surface area (Å²) >= 11 is 0. The molecule has 0 aromatic carbocycles. The SMILES string of the molecule is Cc1nccn1C1CCCCC1CN. The van der Waals surface area contributed by atoms with Crippen LogP contribution >= 0.6 is 0 Å². The molecule has 1 aromatic rings. The van der Waals surface area contributed by atoms with Crippen LogP contribution in [0.15, 0.2) is 12.4 Å². The number of nitrogens with two attached hydrogens (primary N) is 1. The first-order valence-electron chi connectivity index (χ1n) is 5.52. The van der Waals surface area contributed by atoms with Gasteiger partial charge in [0.15, 0.2) is 0 Å². The highest BCUT2D eigenvalue weighted by molar-refractivity contribution is 4.95. The minimum absolute atomic E-state index is 0.594. The number of rotatable bonds is 2. The summed E-state index contributed by atoms with van der Waals surface area (Å²) in [6, 6.07) is 0.594. The fourth-order valence-corrected chi connectivity index (χ4v) is 2.57. The summed E-state index contributed by atoms with van der Waals surface area (Å²) in [6.45, 7) is 2.88. The Balaban J connectivity index is 2.19. The van der Waals surface area contributed by atoms with Gasteiger partial charge >= 0.3 is 0 Å². The predicted molar refractivity (Wildman–Crippen MR) is 57.0 cm³/mol. The van der Waals surface area contributed by atoms with E-state index in [0.717, 1.165) is 12.4 Å². The lowest BCUT2D eigenvalue weighted by molar-refractivity contribution is 0.242. The van der Waals surface area contributed by atoms with E-state index < -0.39 is 0 Å². The van der Waals surface area contributed by atoms with Crippen LogP contribution in [0.25, 0.3) is 0 Å². The van der Waals surface area contributed by atoms with Crippen LogP contribution in [0, 0.1) is 12.8 Å². The number of imidazole rings is 1. The van der Waals surface area contributed by atoms with Crippen molar-refractivity contribution < 1.29 is 0 Å². The van der Waals surface area contributed by atoms with Crippen LogP contribution in [-0.4, -0.2) is 16.1 Å². The molecule has 3 nitrogen and oxygen atoms in total. The first-order chi connectivity index (χ1) is 6.83. The zero-order valence-electron chi connectivity index (χ0n) is 8.82. The highest BCUT2D eigenvalue weighted by Crippen LogP contribution is 2.33. The molecular weight excluding hydrogens is 174 g/mol. The minimum Gasteiger partial charge on any atom is -0.332 e. The molecule has 1 saturated carbocycles. The maximum absolute atomic E-state index is 5.82. The molecule has 2 atom stereocenters. The third kappa shape index (κ3) is 1.69. The quantitative estimate of drug-likeness (QED) is 0.779. The van der Waals surface area contributed by atoms with Gasteiger partial charge in [-0.05, 0) is 32.2 Å². The van der Waals surface area contributed by atoms with Crippen molar-refractivity contribution in [1.29, 1.82) is 0 Å². The van der Waals surface area contributed by atoms with Crippen molar-refractivity contribution in [3.05, 3.63) is 18.2 Å². The Morgan fingerprint density at radius 1 is 1.50 bits per heavy atom. The van der Waals surface area contributed by atoms with Crippen molar-refractivity contribution in [3.8, 4) is 0 Å². The Morgan fingerprint density at radius 2 is 2.29 bits per heavy atom. The second-order valence-corrected chi connectivity index (χ2v) is 4.23. The molecule has 78 valence electrons. The van der Waals surface area contributed by atoms with Gasteiger partial charge in [-0.3, -0.25) is 0 Å². The van der Waals surface area contributed by atoms with Crippen molar-refractivity contribution >= 4 is 0 Å². The van der Waals surface area contributed by atoms with E-state index in [2.05, 4.69) is 22.7 Å². The Hall–Kier alpha value is -0.830. The molecule has 1 aliphatic rings. The van der Waals surface area contributed by atoms with Crippen LogP contribution in [0.5, 0.6) is 0 Å². The maximum atomic E-state index is 5.82. The number of hydrogen-bond donors (Lipinski definition) is 1.